The third-order valence-electron chi connectivity index (χ3n) is 5.74. The predicted octanol–water partition coefficient (Wildman–Crippen LogP) is 3.36. The maximum Gasteiger partial charge on any atom is 0.260 e. The van der Waals surface area contributed by atoms with Crippen LogP contribution in [0.5, 0.6) is 11.5 Å². The summed E-state index contributed by atoms with van der Waals surface area (Å²) in [5.74, 6) is 0.149. The number of amides is 1. The van der Waals surface area contributed by atoms with E-state index >= 15 is 0 Å². The van der Waals surface area contributed by atoms with Gasteiger partial charge in [-0.3, -0.25) is 4.79 Å². The van der Waals surface area contributed by atoms with Crippen LogP contribution in [0.15, 0.2) is 23.8 Å². The molecule has 0 saturated heterocycles. The number of nitrogens with one attached hydrogen (secondary N) is 1. The molecular formula is C21H29NO5S. The summed E-state index contributed by atoms with van der Waals surface area (Å²) in [7, 11) is -3.63. The Morgan fingerprint density at radius 1 is 1.29 bits per heavy atom. The SMILES string of the molecule is CC(C)(C)c1cc(O)c2c(c1)OC(C)(C)[C@@H]1CC=C(C(=O)NS(C)(=O)=O)C[C@@H]21. The van der Waals surface area contributed by atoms with Crippen molar-refractivity contribution in [2.45, 2.75) is 64.4 Å². The molecule has 0 aromatic heterocycles. The molecule has 1 aliphatic heterocycles. The van der Waals surface area contributed by atoms with E-state index in [0.29, 0.717) is 29.7 Å². The predicted molar refractivity (Wildman–Crippen MR) is 108 cm³/mol. The summed E-state index contributed by atoms with van der Waals surface area (Å²) >= 11 is 0. The van der Waals surface area contributed by atoms with E-state index in [9.17, 15) is 18.3 Å². The lowest BCUT2D eigenvalue weighted by atomic mass is 9.66. The van der Waals surface area contributed by atoms with Crippen molar-refractivity contribution in [2.24, 2.45) is 5.92 Å². The number of carbonyl (C=O) groups excluding carboxylic acids is 1. The van der Waals surface area contributed by atoms with Crippen molar-refractivity contribution in [1.82, 2.24) is 4.72 Å². The van der Waals surface area contributed by atoms with Crippen LogP contribution in [0.2, 0.25) is 0 Å². The summed E-state index contributed by atoms with van der Waals surface area (Å²) in [6.45, 7) is 10.2. The van der Waals surface area contributed by atoms with Gasteiger partial charge in [-0.1, -0.05) is 26.8 Å². The van der Waals surface area contributed by atoms with E-state index in [1.54, 1.807) is 12.1 Å². The van der Waals surface area contributed by atoms with Gasteiger partial charge < -0.3 is 9.84 Å². The van der Waals surface area contributed by atoms with E-state index in [4.69, 9.17) is 4.74 Å². The lowest BCUT2D eigenvalue weighted by molar-refractivity contribution is -0.116. The first kappa shape index (κ1) is 20.7. The monoisotopic (exact) mass is 407 g/mol. The minimum atomic E-state index is -3.63. The number of allylic oxidation sites excluding steroid dienone is 1. The first-order chi connectivity index (χ1) is 12.7. The quantitative estimate of drug-likeness (QED) is 0.784. The molecule has 0 saturated carbocycles. The molecule has 2 N–H and O–H groups in total. The van der Waals surface area contributed by atoms with Gasteiger partial charge in [0.1, 0.15) is 17.1 Å². The average molecular weight is 408 g/mol. The Kier molecular flexibility index (Phi) is 4.81. The second-order valence-corrected chi connectivity index (χ2v) is 11.2. The number of benzene rings is 1. The van der Waals surface area contributed by atoms with Gasteiger partial charge in [-0.2, -0.15) is 0 Å². The van der Waals surface area contributed by atoms with Crippen molar-refractivity contribution in [3.8, 4) is 11.5 Å². The van der Waals surface area contributed by atoms with Gasteiger partial charge >= 0.3 is 0 Å². The van der Waals surface area contributed by atoms with Crippen LogP contribution in [0.25, 0.3) is 0 Å². The highest BCUT2D eigenvalue weighted by atomic mass is 32.2. The molecule has 0 spiro atoms. The molecule has 1 heterocycles. The first-order valence-corrected chi connectivity index (χ1v) is 11.4. The van der Waals surface area contributed by atoms with E-state index in [1.807, 2.05) is 24.6 Å². The smallest absolute Gasteiger partial charge is 0.260 e. The summed E-state index contributed by atoms with van der Waals surface area (Å²) in [6.07, 6.45) is 3.68. The summed E-state index contributed by atoms with van der Waals surface area (Å²) < 4.78 is 31.2. The topological polar surface area (TPSA) is 92.7 Å². The van der Waals surface area contributed by atoms with Crippen molar-refractivity contribution in [3.05, 3.63) is 34.9 Å². The van der Waals surface area contributed by atoms with Crippen LogP contribution in [0, 0.1) is 5.92 Å². The number of carbonyl (C=O) groups is 1. The van der Waals surface area contributed by atoms with Crippen LogP contribution in [0.1, 0.15) is 64.5 Å². The molecule has 28 heavy (non-hydrogen) atoms. The van der Waals surface area contributed by atoms with E-state index < -0.39 is 21.5 Å². The number of hydrogen-bond acceptors (Lipinski definition) is 5. The number of ether oxygens (including phenoxy) is 1. The van der Waals surface area contributed by atoms with Crippen LogP contribution in [0.3, 0.4) is 0 Å². The molecule has 1 aliphatic carbocycles. The molecule has 2 aliphatic rings. The minimum absolute atomic E-state index is 0.0705. The molecule has 1 aromatic carbocycles. The zero-order valence-corrected chi connectivity index (χ0v) is 18.1. The lowest BCUT2D eigenvalue weighted by Crippen LogP contribution is -2.46. The van der Waals surface area contributed by atoms with Crippen molar-refractivity contribution >= 4 is 15.9 Å². The third-order valence-corrected chi connectivity index (χ3v) is 6.29. The highest BCUT2D eigenvalue weighted by molar-refractivity contribution is 7.89. The zero-order chi connectivity index (χ0) is 21.1. The Bertz CT molecular complexity index is 954. The Balaban J connectivity index is 2.04. The molecule has 0 bridgehead atoms. The number of rotatable bonds is 2. The van der Waals surface area contributed by atoms with Crippen molar-refractivity contribution in [2.75, 3.05) is 6.26 Å². The van der Waals surface area contributed by atoms with Crippen LogP contribution in [-0.4, -0.2) is 31.3 Å². The number of phenols is 1. The second-order valence-electron chi connectivity index (χ2n) is 9.45. The Hall–Kier alpha value is -2.02. The van der Waals surface area contributed by atoms with Crippen molar-refractivity contribution < 1.29 is 23.1 Å². The fourth-order valence-electron chi connectivity index (χ4n) is 4.25. The van der Waals surface area contributed by atoms with Crippen LogP contribution in [-0.2, 0) is 20.2 Å². The summed E-state index contributed by atoms with van der Waals surface area (Å²) in [6, 6.07) is 3.74. The normalized spacial score (nSPS) is 23.7. The number of aromatic hydroxyl groups is 1. The summed E-state index contributed by atoms with van der Waals surface area (Å²) in [5, 5.41) is 10.8. The maximum absolute atomic E-state index is 12.4. The second kappa shape index (κ2) is 6.51. The molecule has 3 rings (SSSR count). The number of fused-ring (bicyclic) bond motifs is 3. The van der Waals surface area contributed by atoms with E-state index in [-0.39, 0.29) is 23.0 Å². The molecule has 6 nitrogen and oxygen atoms in total. The van der Waals surface area contributed by atoms with E-state index in [0.717, 1.165) is 11.8 Å². The fraction of sp³-hybridized carbons (Fsp3) is 0.571. The molecule has 0 fully saturated rings. The van der Waals surface area contributed by atoms with Gasteiger partial charge in [0.05, 0.1) is 6.26 Å². The molecule has 2 atom stereocenters. The lowest BCUT2D eigenvalue weighted by Gasteiger charge is -2.47. The van der Waals surface area contributed by atoms with E-state index in [2.05, 4.69) is 20.8 Å². The molecule has 154 valence electrons. The van der Waals surface area contributed by atoms with Crippen LogP contribution < -0.4 is 9.46 Å². The van der Waals surface area contributed by atoms with Gasteiger partial charge in [0.25, 0.3) is 5.91 Å². The fourth-order valence-corrected chi connectivity index (χ4v) is 4.72. The van der Waals surface area contributed by atoms with Gasteiger partial charge in [0, 0.05) is 23.0 Å². The highest BCUT2D eigenvalue weighted by Gasteiger charge is 2.47. The molecule has 0 unspecified atom stereocenters. The molecular weight excluding hydrogens is 378 g/mol. The number of sulfonamides is 1. The van der Waals surface area contributed by atoms with Gasteiger partial charge in [0.15, 0.2) is 0 Å². The average Bonchev–Trinajstić information content (AvgIpc) is 2.50. The van der Waals surface area contributed by atoms with Gasteiger partial charge in [-0.25, -0.2) is 13.1 Å². The van der Waals surface area contributed by atoms with Gasteiger partial charge in [-0.05, 0) is 49.8 Å². The van der Waals surface area contributed by atoms with Gasteiger partial charge in [-0.15, -0.1) is 0 Å². The number of hydrogen-bond donors (Lipinski definition) is 2. The Morgan fingerprint density at radius 3 is 2.50 bits per heavy atom. The number of phenolic OH excluding ortho intramolecular Hbond substituents is 1. The van der Waals surface area contributed by atoms with Crippen molar-refractivity contribution in [1.29, 1.82) is 0 Å². The van der Waals surface area contributed by atoms with Crippen LogP contribution in [0.4, 0.5) is 0 Å². The Morgan fingerprint density at radius 2 is 1.93 bits per heavy atom. The Labute approximate surface area is 167 Å². The maximum atomic E-state index is 12.4. The molecule has 0 radical (unpaired) electrons. The largest absolute Gasteiger partial charge is 0.508 e. The van der Waals surface area contributed by atoms with Crippen LogP contribution >= 0.6 is 0 Å². The van der Waals surface area contributed by atoms with Crippen molar-refractivity contribution in [3.63, 3.8) is 0 Å². The highest BCUT2D eigenvalue weighted by Crippen LogP contribution is 2.54. The molecule has 1 amide bonds. The van der Waals surface area contributed by atoms with Gasteiger partial charge in [0.2, 0.25) is 10.0 Å². The summed E-state index contributed by atoms with van der Waals surface area (Å²) in [5.41, 5.74) is 1.48. The standard InChI is InChI=1S/C21H29NO5S/c1-20(2,3)13-10-16(23)18-14-9-12(19(24)22-28(6,25)26)7-8-15(14)21(4,5)27-17(18)11-13/h7,10-11,14-15,23H,8-9H2,1-6H3,(H,22,24)/t14-,15-/m1/s1. The minimum Gasteiger partial charge on any atom is -0.508 e. The van der Waals surface area contributed by atoms with E-state index in [1.165, 1.54) is 0 Å². The zero-order valence-electron chi connectivity index (χ0n) is 17.3. The molecule has 7 heteroatoms. The third kappa shape index (κ3) is 3.90. The summed E-state index contributed by atoms with van der Waals surface area (Å²) in [4.78, 5) is 12.4. The molecule has 1 aromatic rings. The first-order valence-electron chi connectivity index (χ1n) is 9.46.